The molecule has 0 bridgehead atoms. The fourth-order valence-corrected chi connectivity index (χ4v) is 5.57. The van der Waals surface area contributed by atoms with Crippen LogP contribution in [0.25, 0.3) is 10.4 Å². The van der Waals surface area contributed by atoms with Crippen molar-refractivity contribution in [2.75, 3.05) is 157 Å². The number of carbonyl (C=O) groups excluding carboxylic acids is 6. The summed E-state index contributed by atoms with van der Waals surface area (Å²) >= 11 is 0. The van der Waals surface area contributed by atoms with Crippen LogP contribution >= 0.6 is 0 Å². The van der Waals surface area contributed by atoms with Gasteiger partial charge < -0.3 is 79.8 Å². The van der Waals surface area contributed by atoms with Gasteiger partial charge in [-0.2, -0.15) is 0 Å². The minimum atomic E-state index is -1.13. The third-order valence-electron chi connectivity index (χ3n) is 9.27. The van der Waals surface area contributed by atoms with Gasteiger partial charge in [-0.05, 0) is 43.3 Å². The molecule has 1 aromatic rings. The van der Waals surface area contributed by atoms with Gasteiger partial charge in [0.1, 0.15) is 12.1 Å². The number of hydrogen-bond acceptors (Lipinski definition) is 16. The Hall–Kier alpha value is -5.21. The van der Waals surface area contributed by atoms with Crippen LogP contribution in [0.5, 0.6) is 0 Å². The molecule has 25 nitrogen and oxygen atoms in total. The van der Waals surface area contributed by atoms with Crippen molar-refractivity contribution in [1.29, 1.82) is 0 Å². The van der Waals surface area contributed by atoms with Gasteiger partial charge in [-0.3, -0.25) is 24.0 Å². The third kappa shape index (κ3) is 35.5. The Labute approximate surface area is 404 Å². The lowest BCUT2D eigenvalue weighted by Crippen LogP contribution is -2.56. The summed E-state index contributed by atoms with van der Waals surface area (Å²) in [5.74, 6) is -3.06. The molecule has 0 aliphatic carbocycles. The van der Waals surface area contributed by atoms with Gasteiger partial charge in [0.2, 0.25) is 29.5 Å². The zero-order valence-corrected chi connectivity index (χ0v) is 40.7. The molecule has 7 N–H and O–H groups in total. The number of nitrogens with one attached hydrogen (secondary N) is 5. The first-order chi connectivity index (χ1) is 33.3. The Morgan fingerprint density at radius 3 is 1.57 bits per heavy atom. The van der Waals surface area contributed by atoms with Crippen LogP contribution in [-0.2, 0) is 66.6 Å². The maximum absolute atomic E-state index is 13.4. The molecule has 0 heterocycles. The smallest absolute Gasteiger partial charge is 0.312 e. The summed E-state index contributed by atoms with van der Waals surface area (Å²) in [7, 11) is 1.42. The van der Waals surface area contributed by atoms with Crippen molar-refractivity contribution in [2.45, 2.75) is 52.1 Å². The number of nitrogens with zero attached hydrogens (tertiary/aromatic N) is 4. The number of anilines is 1. The predicted octanol–water partition coefficient (Wildman–Crippen LogP) is 0.432. The standard InChI is InChI=1S/C44H76N10O15/c1-34(2)41(43(59)51-37(6-5-12-47-44(45)60)42(58)48-32-40(57)54(4)33-39(56)50-36-9-7-35(3)8-10-36)52-38(55)11-14-61-16-18-63-20-22-65-24-26-67-28-30-69-31-29-68-27-25-66-23-21-64-19-17-62-15-13-49-53-46/h7-10,34,37,41H,5-6,11-33H2,1-4H3,(H,48,58)(H,50,56)(H,51,59)(H,52,55)(H3,45,47,60)/t37-,41-/m0/s1. The summed E-state index contributed by atoms with van der Waals surface area (Å²) in [4.78, 5) is 79.7. The topological polar surface area (TPSA) is 324 Å². The van der Waals surface area contributed by atoms with E-state index in [9.17, 15) is 28.8 Å². The van der Waals surface area contributed by atoms with Crippen molar-refractivity contribution < 1.29 is 71.4 Å². The lowest BCUT2D eigenvalue weighted by atomic mass is 10.0. The minimum Gasteiger partial charge on any atom is -0.379 e. The van der Waals surface area contributed by atoms with Gasteiger partial charge in [0.15, 0.2) is 0 Å². The maximum Gasteiger partial charge on any atom is 0.312 e. The largest absolute Gasteiger partial charge is 0.379 e. The summed E-state index contributed by atoms with van der Waals surface area (Å²) in [6, 6.07) is 4.29. The van der Waals surface area contributed by atoms with Gasteiger partial charge in [0.25, 0.3) is 0 Å². The molecule has 1 rings (SSSR count). The molecule has 69 heavy (non-hydrogen) atoms. The van der Waals surface area contributed by atoms with E-state index in [0.29, 0.717) is 111 Å². The summed E-state index contributed by atoms with van der Waals surface area (Å²) in [5, 5.41) is 16.4. The lowest BCUT2D eigenvalue weighted by molar-refractivity contribution is -0.135. The number of rotatable bonds is 44. The second-order valence-electron chi connectivity index (χ2n) is 15.4. The van der Waals surface area contributed by atoms with Gasteiger partial charge in [0.05, 0.1) is 132 Å². The van der Waals surface area contributed by atoms with Crippen LogP contribution in [0.4, 0.5) is 10.5 Å². The predicted molar refractivity (Wildman–Crippen MR) is 252 cm³/mol. The summed E-state index contributed by atoms with van der Waals surface area (Å²) in [5.41, 5.74) is 14.9. The first-order valence-electron chi connectivity index (χ1n) is 23.1. The van der Waals surface area contributed by atoms with Crippen LogP contribution in [0.2, 0.25) is 0 Å². The molecule has 0 radical (unpaired) electrons. The average molecular weight is 985 g/mol. The van der Waals surface area contributed by atoms with Crippen LogP contribution < -0.4 is 32.3 Å². The van der Waals surface area contributed by atoms with Crippen molar-refractivity contribution >= 4 is 41.3 Å². The zero-order chi connectivity index (χ0) is 50.7. The Kier molecular flexibility index (Phi) is 37.4. The number of ether oxygens (including phenoxy) is 9. The highest BCUT2D eigenvalue weighted by Crippen LogP contribution is 2.09. The van der Waals surface area contributed by atoms with E-state index in [1.165, 1.54) is 7.05 Å². The number of benzene rings is 1. The van der Waals surface area contributed by atoms with Gasteiger partial charge in [0, 0.05) is 37.2 Å². The highest BCUT2D eigenvalue weighted by atomic mass is 16.6. The molecular weight excluding hydrogens is 909 g/mol. The molecule has 0 spiro atoms. The van der Waals surface area contributed by atoms with Crippen LogP contribution in [0, 0.1) is 12.8 Å². The van der Waals surface area contributed by atoms with Crippen molar-refractivity contribution in [3.63, 3.8) is 0 Å². The number of nitrogens with two attached hydrogens (primary N) is 1. The lowest BCUT2D eigenvalue weighted by Gasteiger charge is -2.25. The van der Waals surface area contributed by atoms with E-state index in [1.807, 2.05) is 19.1 Å². The van der Waals surface area contributed by atoms with Crippen molar-refractivity contribution in [2.24, 2.45) is 16.8 Å². The van der Waals surface area contributed by atoms with Crippen LogP contribution in [0.15, 0.2) is 29.4 Å². The second kappa shape index (κ2) is 41.7. The number of aryl methyl sites for hydroxylation is 1. The Morgan fingerprint density at radius 1 is 0.652 bits per heavy atom. The van der Waals surface area contributed by atoms with Gasteiger partial charge in [-0.1, -0.05) is 36.7 Å². The number of hydrogen-bond donors (Lipinski definition) is 6. The van der Waals surface area contributed by atoms with E-state index in [4.69, 9.17) is 53.9 Å². The minimum absolute atomic E-state index is 0.0325. The van der Waals surface area contributed by atoms with Gasteiger partial charge in [-0.15, -0.1) is 0 Å². The van der Waals surface area contributed by atoms with E-state index in [1.54, 1.807) is 26.0 Å². The van der Waals surface area contributed by atoms with E-state index >= 15 is 0 Å². The molecule has 0 saturated heterocycles. The van der Waals surface area contributed by atoms with Gasteiger partial charge in [-0.25, -0.2) is 4.79 Å². The van der Waals surface area contributed by atoms with Crippen molar-refractivity contribution in [1.82, 2.24) is 26.2 Å². The Balaban J connectivity index is 2.19. The molecule has 0 saturated carbocycles. The molecule has 1 aromatic carbocycles. The highest BCUT2D eigenvalue weighted by Gasteiger charge is 2.29. The van der Waals surface area contributed by atoms with Crippen molar-refractivity contribution in [3.05, 3.63) is 40.3 Å². The van der Waals surface area contributed by atoms with E-state index < -0.39 is 54.2 Å². The normalized spacial score (nSPS) is 11.8. The number of primary amides is 1. The molecule has 7 amide bonds. The fourth-order valence-electron chi connectivity index (χ4n) is 5.57. The molecule has 2 atom stereocenters. The Bertz CT molecular complexity index is 1620. The molecule has 392 valence electrons. The second-order valence-corrected chi connectivity index (χ2v) is 15.4. The number of likely N-dealkylation sites (N-methyl/N-ethyl adjacent to an activating group) is 1. The molecule has 0 aliphatic heterocycles. The fraction of sp³-hybridized carbons (Fsp3) is 0.727. The molecule has 25 heteroatoms. The number of carbonyl (C=O) groups is 6. The number of urea groups is 1. The van der Waals surface area contributed by atoms with Crippen LogP contribution in [0.1, 0.15) is 38.7 Å². The summed E-state index contributed by atoms with van der Waals surface area (Å²) in [6.45, 7) is 12.0. The first-order valence-corrected chi connectivity index (χ1v) is 23.1. The molecule has 0 aliphatic rings. The number of azide groups is 1. The SMILES string of the molecule is Cc1ccc(NC(=O)CN(C)C(=O)CNC(=O)[C@H](CCCNC(N)=O)NC(=O)[C@@H](NC(=O)CCOCCOCCOCCOCCOCCOCCOCCOCCOCCN=[N+]=[N-])C(C)C)cc1. The van der Waals surface area contributed by atoms with E-state index in [0.717, 1.165) is 10.5 Å². The molecule has 0 unspecified atom stereocenters. The highest BCUT2D eigenvalue weighted by molar-refractivity contribution is 5.96. The van der Waals surface area contributed by atoms with Crippen LogP contribution in [-0.4, -0.2) is 205 Å². The van der Waals surface area contributed by atoms with Crippen LogP contribution in [0.3, 0.4) is 0 Å². The maximum atomic E-state index is 13.4. The quantitative estimate of drug-likeness (QED) is 0.0224. The third-order valence-corrected chi connectivity index (χ3v) is 9.27. The first kappa shape index (κ1) is 61.8. The van der Waals surface area contributed by atoms with E-state index in [-0.39, 0.29) is 58.1 Å². The summed E-state index contributed by atoms with van der Waals surface area (Å²) in [6.07, 6.45) is 0.298. The summed E-state index contributed by atoms with van der Waals surface area (Å²) < 4.78 is 48.9. The van der Waals surface area contributed by atoms with E-state index in [2.05, 4.69) is 36.6 Å². The molecule has 0 fully saturated rings. The Morgan fingerprint density at radius 2 is 1.12 bits per heavy atom. The molecular formula is C44H76N10O15. The monoisotopic (exact) mass is 985 g/mol. The average Bonchev–Trinajstić information content (AvgIpc) is 3.31. The zero-order valence-electron chi connectivity index (χ0n) is 40.7. The van der Waals surface area contributed by atoms with Gasteiger partial charge >= 0.3 is 6.03 Å². The number of amides is 7. The molecule has 0 aromatic heterocycles. The van der Waals surface area contributed by atoms with Crippen molar-refractivity contribution in [3.8, 4) is 0 Å².